The minimum absolute atomic E-state index is 0.0799. The van der Waals surface area contributed by atoms with E-state index in [1.54, 1.807) is 22.2 Å². The molecule has 2 heterocycles. The van der Waals surface area contributed by atoms with Crippen LogP contribution in [0.5, 0.6) is 0 Å². The normalized spacial score (nSPS) is 13.0. The number of rotatable bonds is 3. The Morgan fingerprint density at radius 2 is 2.38 bits per heavy atom. The molecular weight excluding hydrogens is 310 g/mol. The third-order valence-corrected chi connectivity index (χ3v) is 4.42. The molecule has 2 rings (SSSR count). The van der Waals surface area contributed by atoms with E-state index in [9.17, 15) is 0 Å². The molecule has 3 nitrogen and oxygen atoms in total. The van der Waals surface area contributed by atoms with Crippen LogP contribution in [0.2, 0.25) is 5.02 Å². The molecule has 0 fully saturated rings. The molecule has 0 saturated heterocycles. The maximum atomic E-state index is 6.14. The van der Waals surface area contributed by atoms with Crippen molar-refractivity contribution >= 4 is 38.9 Å². The van der Waals surface area contributed by atoms with Crippen molar-refractivity contribution in [2.75, 3.05) is 7.05 Å². The van der Waals surface area contributed by atoms with Gasteiger partial charge in [-0.3, -0.25) is 4.68 Å². The molecule has 0 spiro atoms. The predicted molar refractivity (Wildman–Crippen MR) is 71.1 cm³/mol. The van der Waals surface area contributed by atoms with Crippen molar-refractivity contribution in [3.63, 3.8) is 0 Å². The van der Waals surface area contributed by atoms with Gasteiger partial charge in [-0.1, -0.05) is 11.6 Å². The quantitative estimate of drug-likeness (QED) is 0.941. The van der Waals surface area contributed by atoms with Crippen molar-refractivity contribution in [1.82, 2.24) is 15.1 Å². The van der Waals surface area contributed by atoms with Crippen LogP contribution >= 0.6 is 38.9 Å². The smallest absolute Gasteiger partial charge is 0.0854 e. The number of aromatic nitrogens is 2. The maximum Gasteiger partial charge on any atom is 0.0854 e. The van der Waals surface area contributed by atoms with Crippen molar-refractivity contribution in [1.29, 1.82) is 0 Å². The monoisotopic (exact) mass is 319 g/mol. The summed E-state index contributed by atoms with van der Waals surface area (Å²) in [6, 6.07) is 2.17. The summed E-state index contributed by atoms with van der Waals surface area (Å²) in [6.45, 7) is 0. The van der Waals surface area contributed by atoms with Gasteiger partial charge in [0.05, 0.1) is 23.0 Å². The van der Waals surface area contributed by atoms with Gasteiger partial charge in [0.1, 0.15) is 0 Å². The van der Waals surface area contributed by atoms with E-state index >= 15 is 0 Å². The summed E-state index contributed by atoms with van der Waals surface area (Å²) in [7, 11) is 3.82. The lowest BCUT2D eigenvalue weighted by Crippen LogP contribution is -2.20. The van der Waals surface area contributed by atoms with E-state index in [1.165, 1.54) is 4.88 Å². The van der Waals surface area contributed by atoms with Gasteiger partial charge in [0.15, 0.2) is 0 Å². The average molecular weight is 321 g/mol. The third kappa shape index (κ3) is 2.18. The Labute approximate surface area is 112 Å². The van der Waals surface area contributed by atoms with E-state index in [4.69, 9.17) is 11.6 Å². The van der Waals surface area contributed by atoms with Gasteiger partial charge in [-0.2, -0.15) is 5.10 Å². The highest BCUT2D eigenvalue weighted by Gasteiger charge is 2.20. The molecule has 0 aliphatic carbocycles. The van der Waals surface area contributed by atoms with Gasteiger partial charge in [0.2, 0.25) is 0 Å². The first-order chi connectivity index (χ1) is 7.63. The molecular formula is C10H11BrClN3S. The van der Waals surface area contributed by atoms with Crippen molar-refractivity contribution in [2.45, 2.75) is 6.04 Å². The molecule has 0 bridgehead atoms. The van der Waals surface area contributed by atoms with Crippen LogP contribution in [-0.4, -0.2) is 16.8 Å². The van der Waals surface area contributed by atoms with E-state index in [0.717, 1.165) is 10.2 Å². The van der Waals surface area contributed by atoms with Crippen molar-refractivity contribution in [3.05, 3.63) is 37.7 Å². The summed E-state index contributed by atoms with van der Waals surface area (Å²) in [6.07, 6.45) is 1.67. The summed E-state index contributed by atoms with van der Waals surface area (Å²) in [5.41, 5.74) is 0.985. The highest BCUT2D eigenvalue weighted by atomic mass is 79.9. The molecule has 6 heteroatoms. The topological polar surface area (TPSA) is 29.9 Å². The molecule has 2 aromatic rings. The Balaban J connectivity index is 2.44. The molecule has 1 unspecified atom stereocenters. The molecule has 1 atom stereocenters. The Morgan fingerprint density at radius 1 is 1.62 bits per heavy atom. The van der Waals surface area contributed by atoms with Crippen LogP contribution in [0.25, 0.3) is 0 Å². The highest BCUT2D eigenvalue weighted by molar-refractivity contribution is 9.10. The molecule has 0 aliphatic rings. The van der Waals surface area contributed by atoms with Crippen LogP contribution < -0.4 is 5.32 Å². The summed E-state index contributed by atoms with van der Waals surface area (Å²) in [4.78, 5) is 1.21. The second-order valence-corrected chi connectivity index (χ2v) is 5.66. The van der Waals surface area contributed by atoms with Crippen molar-refractivity contribution in [3.8, 4) is 0 Å². The number of nitrogens with one attached hydrogen (secondary N) is 1. The molecule has 0 aliphatic heterocycles. The zero-order chi connectivity index (χ0) is 11.7. The zero-order valence-electron chi connectivity index (χ0n) is 8.87. The first kappa shape index (κ1) is 12.1. The molecule has 0 amide bonds. The fourth-order valence-corrected chi connectivity index (χ4v) is 3.47. The Morgan fingerprint density at radius 3 is 2.81 bits per heavy atom. The zero-order valence-corrected chi connectivity index (χ0v) is 12.0. The van der Waals surface area contributed by atoms with Gasteiger partial charge in [-0.15, -0.1) is 11.3 Å². The van der Waals surface area contributed by atoms with Gasteiger partial charge >= 0.3 is 0 Å². The van der Waals surface area contributed by atoms with Crippen LogP contribution in [0.1, 0.15) is 16.6 Å². The average Bonchev–Trinajstić information content (AvgIpc) is 2.80. The van der Waals surface area contributed by atoms with E-state index in [-0.39, 0.29) is 6.04 Å². The van der Waals surface area contributed by atoms with Crippen LogP contribution in [-0.2, 0) is 7.05 Å². The lowest BCUT2D eigenvalue weighted by Gasteiger charge is -2.15. The largest absolute Gasteiger partial charge is 0.307 e. The SMILES string of the molecule is CNC(c1cc(Br)cs1)c1c(Cl)cnn1C. The second kappa shape index (κ2) is 4.87. The summed E-state index contributed by atoms with van der Waals surface area (Å²) in [5.74, 6) is 0. The van der Waals surface area contributed by atoms with E-state index < -0.39 is 0 Å². The first-order valence-corrected chi connectivity index (χ1v) is 6.77. The van der Waals surface area contributed by atoms with Gasteiger partial charge < -0.3 is 5.32 Å². The maximum absolute atomic E-state index is 6.14. The molecule has 0 radical (unpaired) electrons. The van der Waals surface area contributed by atoms with Crippen molar-refractivity contribution in [2.24, 2.45) is 7.05 Å². The lowest BCUT2D eigenvalue weighted by molar-refractivity contribution is 0.613. The molecule has 0 saturated carbocycles. The van der Waals surface area contributed by atoms with Gasteiger partial charge in [0.25, 0.3) is 0 Å². The minimum atomic E-state index is 0.0799. The van der Waals surface area contributed by atoms with Crippen LogP contribution in [0.4, 0.5) is 0 Å². The fourth-order valence-electron chi connectivity index (χ4n) is 1.64. The Bertz CT molecular complexity index is 474. The number of halogens is 2. The van der Waals surface area contributed by atoms with Crippen LogP contribution in [0.15, 0.2) is 22.1 Å². The molecule has 86 valence electrons. The van der Waals surface area contributed by atoms with Crippen LogP contribution in [0.3, 0.4) is 0 Å². The number of aryl methyl sites for hydroxylation is 1. The summed E-state index contributed by atoms with van der Waals surface area (Å²) < 4.78 is 2.89. The fraction of sp³-hybridized carbons (Fsp3) is 0.300. The predicted octanol–water partition coefficient (Wildman–Crippen LogP) is 3.21. The first-order valence-electron chi connectivity index (χ1n) is 4.72. The highest BCUT2D eigenvalue weighted by Crippen LogP contribution is 2.32. The molecule has 2 aromatic heterocycles. The van der Waals surface area contributed by atoms with E-state index in [2.05, 4.69) is 37.8 Å². The van der Waals surface area contributed by atoms with E-state index in [1.807, 2.05) is 14.1 Å². The Hall–Kier alpha value is -0.360. The molecule has 1 N–H and O–H groups in total. The Kier molecular flexibility index (Phi) is 3.69. The second-order valence-electron chi connectivity index (χ2n) is 3.39. The van der Waals surface area contributed by atoms with Gasteiger partial charge in [-0.05, 0) is 29.0 Å². The molecule has 0 aromatic carbocycles. The molecule has 16 heavy (non-hydrogen) atoms. The number of thiophene rings is 1. The number of hydrogen-bond donors (Lipinski definition) is 1. The van der Waals surface area contributed by atoms with E-state index in [0.29, 0.717) is 5.02 Å². The van der Waals surface area contributed by atoms with Gasteiger partial charge in [-0.25, -0.2) is 0 Å². The lowest BCUT2D eigenvalue weighted by atomic mass is 10.2. The summed E-state index contributed by atoms with van der Waals surface area (Å²) in [5, 5.41) is 10.2. The van der Waals surface area contributed by atoms with Crippen LogP contribution in [0, 0.1) is 0 Å². The minimum Gasteiger partial charge on any atom is -0.307 e. The summed E-state index contributed by atoms with van der Waals surface area (Å²) >= 11 is 11.3. The van der Waals surface area contributed by atoms with Gasteiger partial charge in [0, 0.05) is 21.8 Å². The standard InChI is InChI=1S/C10H11BrClN3S/c1-13-9(8-3-6(11)5-16-8)10-7(12)4-14-15(10)2/h3-5,9,13H,1-2H3. The van der Waals surface area contributed by atoms with Crippen molar-refractivity contribution < 1.29 is 0 Å². The number of hydrogen-bond acceptors (Lipinski definition) is 3. The number of nitrogens with zero attached hydrogens (tertiary/aromatic N) is 2. The third-order valence-electron chi connectivity index (χ3n) is 2.37.